The zero-order chi connectivity index (χ0) is 20.4. The van der Waals surface area contributed by atoms with Crippen LogP contribution < -0.4 is 5.32 Å². The van der Waals surface area contributed by atoms with Crippen LogP contribution in [-0.2, 0) is 6.54 Å². The maximum Gasteiger partial charge on any atom is 0.269 e. The summed E-state index contributed by atoms with van der Waals surface area (Å²) in [5.41, 5.74) is 4.96. The Morgan fingerprint density at radius 2 is 1.66 bits per heavy atom. The van der Waals surface area contributed by atoms with Crippen LogP contribution in [0.3, 0.4) is 0 Å². The van der Waals surface area contributed by atoms with E-state index in [9.17, 15) is 4.79 Å². The molecule has 0 aliphatic carbocycles. The minimum atomic E-state index is -0.115. The number of aromatic nitrogens is 1. The molecule has 4 aromatic rings. The van der Waals surface area contributed by atoms with Crippen LogP contribution >= 0.6 is 23.4 Å². The van der Waals surface area contributed by atoms with Crippen LogP contribution in [0.2, 0.25) is 5.02 Å². The molecule has 29 heavy (non-hydrogen) atoms. The first-order chi connectivity index (χ1) is 14.0. The monoisotopic (exact) mass is 420 g/mol. The molecule has 3 nitrogen and oxygen atoms in total. The highest BCUT2D eigenvalue weighted by Crippen LogP contribution is 2.37. The summed E-state index contributed by atoms with van der Waals surface area (Å²) in [6, 6.07) is 22.0. The molecule has 3 aromatic carbocycles. The minimum absolute atomic E-state index is 0.115. The van der Waals surface area contributed by atoms with Gasteiger partial charge in [-0.1, -0.05) is 65.3 Å². The number of H-pyrrole nitrogens is 1. The molecule has 1 aromatic heterocycles. The molecule has 0 aliphatic rings. The van der Waals surface area contributed by atoms with Crippen molar-refractivity contribution >= 4 is 40.2 Å². The lowest BCUT2D eigenvalue weighted by molar-refractivity contribution is 0.0944. The van der Waals surface area contributed by atoms with Gasteiger partial charge >= 0.3 is 0 Å². The van der Waals surface area contributed by atoms with Crippen molar-refractivity contribution in [2.45, 2.75) is 30.2 Å². The van der Waals surface area contributed by atoms with Crippen molar-refractivity contribution in [3.05, 3.63) is 94.1 Å². The van der Waals surface area contributed by atoms with E-state index in [0.717, 1.165) is 31.8 Å². The molecule has 0 saturated carbocycles. The van der Waals surface area contributed by atoms with E-state index < -0.39 is 0 Å². The van der Waals surface area contributed by atoms with E-state index in [-0.39, 0.29) is 5.91 Å². The fourth-order valence-electron chi connectivity index (χ4n) is 3.15. The summed E-state index contributed by atoms with van der Waals surface area (Å²) in [4.78, 5) is 18.3. The van der Waals surface area contributed by atoms with Gasteiger partial charge in [-0.25, -0.2) is 0 Å². The highest BCUT2D eigenvalue weighted by atomic mass is 35.5. The topological polar surface area (TPSA) is 44.9 Å². The molecule has 0 unspecified atom stereocenters. The van der Waals surface area contributed by atoms with E-state index in [1.54, 1.807) is 11.8 Å². The van der Waals surface area contributed by atoms with Crippen molar-refractivity contribution in [2.75, 3.05) is 0 Å². The predicted octanol–water partition coefficient (Wildman–Crippen LogP) is 6.52. The Bertz CT molecular complexity index is 1160. The molecular formula is C24H21ClN2OS. The SMILES string of the molecule is Cc1ccc(CNC(=O)c2[nH]c3cc(C)ccc3c2Sc2ccc(Cl)cc2)cc1. The van der Waals surface area contributed by atoms with Crippen LogP contribution in [-0.4, -0.2) is 10.9 Å². The first kappa shape index (κ1) is 19.6. The van der Waals surface area contributed by atoms with Crippen molar-refractivity contribution in [1.29, 1.82) is 0 Å². The average molecular weight is 421 g/mol. The van der Waals surface area contributed by atoms with Gasteiger partial charge in [-0.15, -0.1) is 0 Å². The number of halogens is 1. The van der Waals surface area contributed by atoms with E-state index >= 15 is 0 Å². The predicted molar refractivity (Wildman–Crippen MR) is 121 cm³/mol. The van der Waals surface area contributed by atoms with Crippen LogP contribution in [0.4, 0.5) is 0 Å². The maximum absolute atomic E-state index is 13.0. The molecule has 0 bridgehead atoms. The second-order valence-corrected chi connectivity index (χ2v) is 8.62. The number of fused-ring (bicyclic) bond motifs is 1. The third-order valence-corrected chi connectivity index (χ3v) is 6.13. The van der Waals surface area contributed by atoms with Crippen LogP contribution in [0.1, 0.15) is 27.2 Å². The summed E-state index contributed by atoms with van der Waals surface area (Å²) >= 11 is 7.58. The number of carbonyl (C=O) groups excluding carboxylic acids is 1. The standard InChI is InChI=1S/C24H21ClN2OS/c1-15-3-6-17(7-4-15)14-26-24(28)22-23(29-19-10-8-18(25)9-11-19)20-12-5-16(2)13-21(20)27-22/h3-13,27H,14H2,1-2H3,(H,26,28). The Kier molecular flexibility index (Phi) is 5.65. The van der Waals surface area contributed by atoms with Gasteiger partial charge in [0, 0.05) is 27.4 Å². The zero-order valence-corrected chi connectivity index (χ0v) is 17.8. The number of aryl methyl sites for hydroxylation is 2. The molecule has 0 saturated heterocycles. The van der Waals surface area contributed by atoms with E-state index in [4.69, 9.17) is 11.6 Å². The molecule has 1 heterocycles. The molecule has 0 radical (unpaired) electrons. The van der Waals surface area contributed by atoms with Crippen LogP contribution in [0.15, 0.2) is 76.5 Å². The Morgan fingerprint density at radius 1 is 0.966 bits per heavy atom. The average Bonchev–Trinajstić information content (AvgIpc) is 3.06. The number of benzene rings is 3. The van der Waals surface area contributed by atoms with Gasteiger partial charge in [-0.2, -0.15) is 0 Å². The third-order valence-electron chi connectivity index (χ3n) is 4.74. The maximum atomic E-state index is 13.0. The smallest absolute Gasteiger partial charge is 0.269 e. The Hall–Kier alpha value is -2.69. The van der Waals surface area contributed by atoms with Crippen molar-refractivity contribution in [3.63, 3.8) is 0 Å². The summed E-state index contributed by atoms with van der Waals surface area (Å²) < 4.78 is 0. The molecule has 2 N–H and O–H groups in total. The fourth-order valence-corrected chi connectivity index (χ4v) is 4.32. The van der Waals surface area contributed by atoms with Gasteiger partial charge in [0.25, 0.3) is 5.91 Å². The number of hydrogen-bond donors (Lipinski definition) is 2. The summed E-state index contributed by atoms with van der Waals surface area (Å²) in [6.07, 6.45) is 0. The summed E-state index contributed by atoms with van der Waals surface area (Å²) in [7, 11) is 0. The van der Waals surface area contributed by atoms with Gasteiger partial charge in [0.15, 0.2) is 0 Å². The van der Waals surface area contributed by atoms with E-state index in [1.165, 1.54) is 5.56 Å². The highest BCUT2D eigenvalue weighted by molar-refractivity contribution is 7.99. The van der Waals surface area contributed by atoms with Crippen LogP contribution in [0.5, 0.6) is 0 Å². The number of rotatable bonds is 5. The molecule has 1 amide bonds. The lowest BCUT2D eigenvalue weighted by Gasteiger charge is -2.07. The fraction of sp³-hybridized carbons (Fsp3) is 0.125. The van der Waals surface area contributed by atoms with Crippen molar-refractivity contribution in [3.8, 4) is 0 Å². The van der Waals surface area contributed by atoms with Crippen molar-refractivity contribution in [1.82, 2.24) is 10.3 Å². The summed E-state index contributed by atoms with van der Waals surface area (Å²) in [6.45, 7) is 4.58. The van der Waals surface area contributed by atoms with Crippen LogP contribution in [0.25, 0.3) is 10.9 Å². The largest absolute Gasteiger partial charge is 0.350 e. The number of carbonyl (C=O) groups is 1. The minimum Gasteiger partial charge on any atom is -0.350 e. The van der Waals surface area contributed by atoms with Gasteiger partial charge in [-0.3, -0.25) is 4.79 Å². The Labute approximate surface area is 179 Å². The highest BCUT2D eigenvalue weighted by Gasteiger charge is 2.19. The van der Waals surface area contributed by atoms with Crippen LogP contribution in [0, 0.1) is 13.8 Å². The summed E-state index contributed by atoms with van der Waals surface area (Å²) in [5, 5.41) is 4.77. The third kappa shape index (κ3) is 4.50. The van der Waals surface area contributed by atoms with Gasteiger partial charge in [0.1, 0.15) is 5.69 Å². The molecule has 0 aliphatic heterocycles. The van der Waals surface area contributed by atoms with Crippen molar-refractivity contribution in [2.24, 2.45) is 0 Å². The number of amides is 1. The lowest BCUT2D eigenvalue weighted by atomic mass is 10.1. The first-order valence-electron chi connectivity index (χ1n) is 9.39. The van der Waals surface area contributed by atoms with Crippen molar-refractivity contribution < 1.29 is 4.79 Å². The Balaban J connectivity index is 1.65. The van der Waals surface area contributed by atoms with Gasteiger partial charge in [0.2, 0.25) is 0 Å². The zero-order valence-electron chi connectivity index (χ0n) is 16.3. The number of nitrogens with one attached hydrogen (secondary N) is 2. The summed E-state index contributed by atoms with van der Waals surface area (Å²) in [5.74, 6) is -0.115. The molecule has 0 fully saturated rings. The molecule has 0 atom stereocenters. The van der Waals surface area contributed by atoms with Gasteiger partial charge in [0.05, 0.1) is 4.90 Å². The first-order valence-corrected chi connectivity index (χ1v) is 10.6. The van der Waals surface area contributed by atoms with E-state index in [2.05, 4.69) is 47.6 Å². The molecule has 0 spiro atoms. The Morgan fingerprint density at radius 3 is 2.38 bits per heavy atom. The molecule has 4 rings (SSSR count). The second-order valence-electron chi connectivity index (χ2n) is 7.10. The number of aromatic amines is 1. The second kappa shape index (κ2) is 8.36. The lowest BCUT2D eigenvalue weighted by Crippen LogP contribution is -2.23. The molecule has 5 heteroatoms. The normalized spacial score (nSPS) is 11.0. The molecule has 146 valence electrons. The molecular weight excluding hydrogens is 400 g/mol. The van der Waals surface area contributed by atoms with Gasteiger partial charge in [-0.05, 0) is 55.3 Å². The number of hydrogen-bond acceptors (Lipinski definition) is 2. The van der Waals surface area contributed by atoms with E-state index in [0.29, 0.717) is 17.3 Å². The quantitative estimate of drug-likeness (QED) is 0.386. The van der Waals surface area contributed by atoms with E-state index in [1.807, 2.05) is 43.3 Å². The van der Waals surface area contributed by atoms with Gasteiger partial charge < -0.3 is 10.3 Å².